The first-order valence-electron chi connectivity index (χ1n) is 10.5. The van der Waals surface area contributed by atoms with Crippen molar-refractivity contribution < 1.29 is 0 Å². The molecule has 0 aliphatic carbocycles. The topological polar surface area (TPSA) is 52.7 Å². The highest BCUT2D eigenvalue weighted by Gasteiger charge is 2.38. The standard InChI is InChI=1S/C26H19Cl3N4O/c1-32-15-30-14-23(32)26(29,17-6-8-18(27)9-7-17)22-11-10-21-25(31-22)20(13-24(34)33(21)2)16-4-3-5-19(28)12-16/h3-15H,1-2H3. The molecule has 0 fully saturated rings. The first kappa shape index (κ1) is 22.7. The molecule has 1 atom stereocenters. The van der Waals surface area contributed by atoms with Gasteiger partial charge >= 0.3 is 0 Å². The van der Waals surface area contributed by atoms with Crippen molar-refractivity contribution in [2.75, 3.05) is 0 Å². The largest absolute Gasteiger partial charge is 0.336 e. The van der Waals surface area contributed by atoms with Crippen LogP contribution in [0.1, 0.15) is 17.0 Å². The highest BCUT2D eigenvalue weighted by molar-refractivity contribution is 6.31. The van der Waals surface area contributed by atoms with Crippen LogP contribution in [0.4, 0.5) is 0 Å². The van der Waals surface area contributed by atoms with Crippen molar-refractivity contribution in [1.82, 2.24) is 19.1 Å². The summed E-state index contributed by atoms with van der Waals surface area (Å²) in [4.78, 5) is 20.9. The van der Waals surface area contributed by atoms with Crippen LogP contribution in [0.3, 0.4) is 0 Å². The SMILES string of the molecule is Cn1cncc1C(Cl)(c1ccc(Cl)cc1)c1ccc2c(n1)c(-c1cccc(Cl)c1)cc(=O)n2C. The van der Waals surface area contributed by atoms with E-state index < -0.39 is 4.87 Å². The fraction of sp³-hybridized carbons (Fsp3) is 0.115. The number of aromatic nitrogens is 4. The quantitative estimate of drug-likeness (QED) is 0.272. The molecule has 0 saturated heterocycles. The third-order valence-corrected chi connectivity index (χ3v) is 7.08. The lowest BCUT2D eigenvalue weighted by Gasteiger charge is -2.28. The van der Waals surface area contributed by atoms with Gasteiger partial charge in [-0.2, -0.15) is 0 Å². The molecule has 0 radical (unpaired) electrons. The Morgan fingerprint density at radius 1 is 0.912 bits per heavy atom. The van der Waals surface area contributed by atoms with Gasteiger partial charge in [0.15, 0.2) is 4.87 Å². The van der Waals surface area contributed by atoms with Crippen molar-refractivity contribution in [2.45, 2.75) is 4.87 Å². The maximum Gasteiger partial charge on any atom is 0.251 e. The number of imidazole rings is 1. The molecule has 1 unspecified atom stereocenters. The number of rotatable bonds is 4. The second-order valence-electron chi connectivity index (χ2n) is 8.08. The molecule has 5 aromatic rings. The van der Waals surface area contributed by atoms with E-state index in [-0.39, 0.29) is 5.56 Å². The summed E-state index contributed by atoms with van der Waals surface area (Å²) in [6.07, 6.45) is 3.43. The van der Waals surface area contributed by atoms with Crippen molar-refractivity contribution in [1.29, 1.82) is 0 Å². The van der Waals surface area contributed by atoms with Crippen molar-refractivity contribution in [3.8, 4) is 11.1 Å². The van der Waals surface area contributed by atoms with Crippen molar-refractivity contribution in [3.05, 3.63) is 117 Å². The molecule has 170 valence electrons. The van der Waals surface area contributed by atoms with Gasteiger partial charge in [0.1, 0.15) is 0 Å². The van der Waals surface area contributed by atoms with Gasteiger partial charge < -0.3 is 9.13 Å². The maximum absolute atomic E-state index is 12.7. The molecule has 2 aromatic carbocycles. The number of nitrogens with zero attached hydrogens (tertiary/aromatic N) is 4. The number of fused-ring (bicyclic) bond motifs is 1. The third-order valence-electron chi connectivity index (χ3n) is 5.99. The van der Waals surface area contributed by atoms with Crippen LogP contribution in [0.2, 0.25) is 10.0 Å². The average molecular weight is 510 g/mol. The zero-order valence-corrected chi connectivity index (χ0v) is 20.6. The summed E-state index contributed by atoms with van der Waals surface area (Å²) in [6, 6.07) is 20.0. The average Bonchev–Trinajstić information content (AvgIpc) is 3.27. The van der Waals surface area contributed by atoms with E-state index in [1.807, 2.05) is 54.1 Å². The first-order valence-corrected chi connectivity index (χ1v) is 11.6. The summed E-state index contributed by atoms with van der Waals surface area (Å²) >= 11 is 19.9. The van der Waals surface area contributed by atoms with Crippen LogP contribution >= 0.6 is 34.8 Å². The zero-order chi connectivity index (χ0) is 24.0. The molecule has 0 amide bonds. The number of pyridine rings is 2. The Hall–Kier alpha value is -3.12. The van der Waals surface area contributed by atoms with E-state index in [1.54, 1.807) is 48.4 Å². The van der Waals surface area contributed by atoms with E-state index in [9.17, 15) is 4.79 Å². The summed E-state index contributed by atoms with van der Waals surface area (Å²) in [5.74, 6) is 0. The Morgan fingerprint density at radius 3 is 2.35 bits per heavy atom. The van der Waals surface area contributed by atoms with E-state index in [1.165, 1.54) is 0 Å². The van der Waals surface area contributed by atoms with Gasteiger partial charge in [-0.15, -0.1) is 11.6 Å². The molecule has 3 aromatic heterocycles. The number of hydrogen-bond donors (Lipinski definition) is 0. The van der Waals surface area contributed by atoms with Gasteiger partial charge in [-0.25, -0.2) is 9.97 Å². The lowest BCUT2D eigenvalue weighted by molar-refractivity contribution is 0.729. The number of hydrogen-bond acceptors (Lipinski definition) is 3. The number of aryl methyl sites for hydroxylation is 2. The van der Waals surface area contributed by atoms with Crippen LogP contribution in [0.5, 0.6) is 0 Å². The Morgan fingerprint density at radius 2 is 1.68 bits per heavy atom. The van der Waals surface area contributed by atoms with Gasteiger partial charge in [-0.05, 0) is 47.5 Å². The predicted molar refractivity (Wildman–Crippen MR) is 138 cm³/mol. The molecular formula is C26H19Cl3N4O. The lowest BCUT2D eigenvalue weighted by Crippen LogP contribution is -2.27. The van der Waals surface area contributed by atoms with Gasteiger partial charge in [-0.1, -0.05) is 47.5 Å². The molecule has 0 N–H and O–H groups in total. The van der Waals surface area contributed by atoms with Crippen molar-refractivity contribution >= 4 is 45.8 Å². The van der Waals surface area contributed by atoms with Gasteiger partial charge in [0.2, 0.25) is 0 Å². The summed E-state index contributed by atoms with van der Waals surface area (Å²) in [6.45, 7) is 0. The number of alkyl halides is 1. The van der Waals surface area contributed by atoms with Gasteiger partial charge in [0, 0.05) is 35.8 Å². The zero-order valence-electron chi connectivity index (χ0n) is 18.3. The van der Waals surface area contributed by atoms with E-state index in [4.69, 9.17) is 39.8 Å². The smallest absolute Gasteiger partial charge is 0.251 e. The Kier molecular flexibility index (Phi) is 5.72. The maximum atomic E-state index is 12.7. The van der Waals surface area contributed by atoms with Gasteiger partial charge in [-0.3, -0.25) is 4.79 Å². The molecule has 0 spiro atoms. The minimum atomic E-state index is -1.15. The summed E-state index contributed by atoms with van der Waals surface area (Å²) in [5.41, 5.74) is 4.80. The molecular weight excluding hydrogens is 491 g/mol. The molecule has 3 heterocycles. The second-order valence-corrected chi connectivity index (χ2v) is 9.52. The Balaban J connectivity index is 1.84. The molecule has 0 bridgehead atoms. The molecule has 0 aliphatic heterocycles. The molecule has 5 nitrogen and oxygen atoms in total. The second kappa shape index (κ2) is 8.58. The first-order chi connectivity index (χ1) is 16.3. The van der Waals surface area contributed by atoms with Crippen molar-refractivity contribution in [3.63, 3.8) is 0 Å². The normalized spacial score (nSPS) is 13.2. The van der Waals surface area contributed by atoms with E-state index >= 15 is 0 Å². The predicted octanol–water partition coefficient (Wildman–Crippen LogP) is 6.17. The Bertz CT molecular complexity index is 1590. The van der Waals surface area contributed by atoms with Gasteiger partial charge in [0.05, 0.1) is 34.9 Å². The summed E-state index contributed by atoms with van der Waals surface area (Å²) in [5, 5.41) is 1.18. The van der Waals surface area contributed by atoms with Crippen LogP contribution in [0.15, 0.2) is 84.0 Å². The summed E-state index contributed by atoms with van der Waals surface area (Å²) < 4.78 is 3.44. The van der Waals surface area contributed by atoms with Crippen LogP contribution < -0.4 is 5.56 Å². The molecule has 5 rings (SSSR count). The third kappa shape index (κ3) is 3.70. The molecule has 0 saturated carbocycles. The fourth-order valence-corrected chi connectivity index (χ4v) is 4.92. The van der Waals surface area contributed by atoms with Crippen LogP contribution in [0.25, 0.3) is 22.2 Å². The van der Waals surface area contributed by atoms with E-state index in [0.29, 0.717) is 32.3 Å². The fourth-order valence-electron chi connectivity index (χ4n) is 4.19. The minimum absolute atomic E-state index is 0.140. The molecule has 34 heavy (non-hydrogen) atoms. The summed E-state index contributed by atoms with van der Waals surface area (Å²) in [7, 11) is 3.61. The monoisotopic (exact) mass is 508 g/mol. The molecule has 0 aliphatic rings. The minimum Gasteiger partial charge on any atom is -0.336 e. The Labute approximate surface area is 211 Å². The van der Waals surface area contributed by atoms with Crippen LogP contribution in [0, 0.1) is 0 Å². The highest BCUT2D eigenvalue weighted by Crippen LogP contribution is 2.43. The van der Waals surface area contributed by atoms with Crippen molar-refractivity contribution in [2.24, 2.45) is 14.1 Å². The number of benzene rings is 2. The van der Waals surface area contributed by atoms with E-state index in [2.05, 4.69) is 4.98 Å². The number of halogens is 3. The highest BCUT2D eigenvalue weighted by atomic mass is 35.5. The van der Waals surface area contributed by atoms with Gasteiger partial charge in [0.25, 0.3) is 5.56 Å². The van der Waals surface area contributed by atoms with E-state index in [0.717, 1.165) is 16.8 Å². The molecule has 8 heteroatoms. The van der Waals surface area contributed by atoms with Crippen LogP contribution in [-0.4, -0.2) is 19.1 Å². The lowest BCUT2D eigenvalue weighted by atomic mass is 9.90. The van der Waals surface area contributed by atoms with Crippen LogP contribution in [-0.2, 0) is 19.0 Å².